The largest absolute Gasteiger partial charge is 0.469 e. The molecule has 20 heavy (non-hydrogen) atoms. The second-order valence-electron chi connectivity index (χ2n) is 6.00. The number of hydrogen-bond acceptors (Lipinski definition) is 2. The lowest BCUT2D eigenvalue weighted by atomic mass is 9.92. The number of furan rings is 1. The first-order valence-electron chi connectivity index (χ1n) is 7.51. The van der Waals surface area contributed by atoms with Crippen molar-refractivity contribution in [2.24, 2.45) is 0 Å². The average Bonchev–Trinajstić information content (AvgIpc) is 2.86. The van der Waals surface area contributed by atoms with Crippen molar-refractivity contribution in [3.05, 3.63) is 58.0 Å². The normalized spacial score (nSPS) is 18.1. The van der Waals surface area contributed by atoms with Gasteiger partial charge < -0.3 is 9.73 Å². The van der Waals surface area contributed by atoms with Gasteiger partial charge >= 0.3 is 0 Å². The molecule has 1 aliphatic rings. The molecule has 2 aromatic rings. The molecule has 3 rings (SSSR count). The van der Waals surface area contributed by atoms with Crippen LogP contribution in [0.5, 0.6) is 0 Å². The fraction of sp³-hybridized carbons (Fsp3) is 0.444. The van der Waals surface area contributed by atoms with E-state index >= 15 is 0 Å². The molecule has 0 aliphatic heterocycles. The van der Waals surface area contributed by atoms with E-state index < -0.39 is 0 Å². The third-order valence-electron chi connectivity index (χ3n) is 4.42. The van der Waals surface area contributed by atoms with E-state index in [1.165, 1.54) is 46.4 Å². The lowest BCUT2D eigenvalue weighted by Crippen LogP contribution is -2.24. The van der Waals surface area contributed by atoms with Gasteiger partial charge in [0.2, 0.25) is 0 Å². The summed E-state index contributed by atoms with van der Waals surface area (Å²) in [6.07, 6.45) is 5.33. The Morgan fingerprint density at radius 2 is 1.95 bits per heavy atom. The molecule has 0 spiro atoms. The molecule has 0 bridgehead atoms. The van der Waals surface area contributed by atoms with Crippen LogP contribution in [0.15, 0.2) is 28.9 Å². The zero-order valence-electron chi connectivity index (χ0n) is 12.6. The molecule has 0 radical (unpaired) electrons. The molecule has 0 amide bonds. The van der Waals surface area contributed by atoms with Gasteiger partial charge in [0.15, 0.2) is 0 Å². The molecule has 1 aliphatic carbocycles. The van der Waals surface area contributed by atoms with Gasteiger partial charge in [0.25, 0.3) is 0 Å². The minimum atomic E-state index is 0.442. The summed E-state index contributed by atoms with van der Waals surface area (Å²) >= 11 is 0. The smallest absolute Gasteiger partial charge is 0.108 e. The predicted molar refractivity (Wildman–Crippen MR) is 81.9 cm³/mol. The highest BCUT2D eigenvalue weighted by molar-refractivity contribution is 5.37. The van der Waals surface area contributed by atoms with Gasteiger partial charge in [-0.1, -0.05) is 17.7 Å². The average molecular weight is 269 g/mol. The summed E-state index contributed by atoms with van der Waals surface area (Å²) in [6.45, 7) is 7.52. The fourth-order valence-electron chi connectivity index (χ4n) is 3.41. The van der Waals surface area contributed by atoms with Crippen LogP contribution in [0.4, 0.5) is 0 Å². The van der Waals surface area contributed by atoms with Gasteiger partial charge in [0.1, 0.15) is 5.76 Å². The summed E-state index contributed by atoms with van der Waals surface area (Å²) in [5.74, 6) is 1.17. The first-order valence-corrected chi connectivity index (χ1v) is 7.51. The fourth-order valence-corrected chi connectivity index (χ4v) is 3.41. The van der Waals surface area contributed by atoms with E-state index in [9.17, 15) is 0 Å². The van der Waals surface area contributed by atoms with Crippen molar-refractivity contribution in [2.75, 3.05) is 0 Å². The Bertz CT molecular complexity index is 589. The van der Waals surface area contributed by atoms with E-state index in [0.717, 1.165) is 13.0 Å². The van der Waals surface area contributed by atoms with Gasteiger partial charge in [0, 0.05) is 24.6 Å². The van der Waals surface area contributed by atoms with E-state index in [0.29, 0.717) is 6.04 Å². The minimum Gasteiger partial charge on any atom is -0.469 e. The Morgan fingerprint density at radius 3 is 2.70 bits per heavy atom. The molecule has 2 nitrogen and oxygen atoms in total. The molecule has 106 valence electrons. The summed E-state index contributed by atoms with van der Waals surface area (Å²) < 4.78 is 5.56. The lowest BCUT2D eigenvalue weighted by molar-refractivity contribution is 0.410. The summed E-state index contributed by atoms with van der Waals surface area (Å²) in [5, 5.41) is 3.72. The molecule has 0 fully saturated rings. The van der Waals surface area contributed by atoms with Gasteiger partial charge in [0.05, 0.1) is 6.26 Å². The zero-order valence-corrected chi connectivity index (χ0v) is 12.6. The Hall–Kier alpha value is -1.54. The van der Waals surface area contributed by atoms with Crippen LogP contribution >= 0.6 is 0 Å². The standard InChI is InChI=1S/C18H23NO/c1-12-9-13(2)16(14(3)10-12)11-19-17-5-4-6-18-15(17)7-8-20-18/h7-10,17,19H,4-6,11H2,1-3H3. The van der Waals surface area contributed by atoms with Crippen LogP contribution in [-0.2, 0) is 13.0 Å². The highest BCUT2D eigenvalue weighted by Gasteiger charge is 2.22. The Morgan fingerprint density at radius 1 is 1.20 bits per heavy atom. The Balaban J connectivity index is 1.76. The second kappa shape index (κ2) is 5.45. The van der Waals surface area contributed by atoms with E-state index in [1.54, 1.807) is 0 Å². The van der Waals surface area contributed by atoms with Gasteiger partial charge in [-0.3, -0.25) is 0 Å². The van der Waals surface area contributed by atoms with Crippen LogP contribution in [0, 0.1) is 20.8 Å². The Labute approximate surface area is 121 Å². The van der Waals surface area contributed by atoms with Crippen molar-refractivity contribution in [3.8, 4) is 0 Å². The number of benzene rings is 1. The molecule has 1 atom stereocenters. The SMILES string of the molecule is Cc1cc(C)c(CNC2CCCc3occc32)c(C)c1. The summed E-state index contributed by atoms with van der Waals surface area (Å²) in [5.41, 5.74) is 6.92. The monoisotopic (exact) mass is 269 g/mol. The van der Waals surface area contributed by atoms with Crippen LogP contribution in [0.2, 0.25) is 0 Å². The predicted octanol–water partition coefficient (Wildman–Crippen LogP) is 4.37. The lowest BCUT2D eigenvalue weighted by Gasteiger charge is -2.24. The van der Waals surface area contributed by atoms with Crippen LogP contribution in [0.25, 0.3) is 0 Å². The maximum Gasteiger partial charge on any atom is 0.108 e. The van der Waals surface area contributed by atoms with E-state index in [-0.39, 0.29) is 0 Å². The van der Waals surface area contributed by atoms with Gasteiger partial charge in [-0.15, -0.1) is 0 Å². The number of fused-ring (bicyclic) bond motifs is 1. The molecule has 1 N–H and O–H groups in total. The van der Waals surface area contributed by atoms with Gasteiger partial charge in [-0.2, -0.15) is 0 Å². The summed E-state index contributed by atoms with van der Waals surface area (Å²) in [4.78, 5) is 0. The Kier molecular flexibility index (Phi) is 3.66. The van der Waals surface area contributed by atoms with E-state index in [2.05, 4.69) is 44.3 Å². The number of hydrogen-bond donors (Lipinski definition) is 1. The van der Waals surface area contributed by atoms with Crippen molar-refractivity contribution in [1.82, 2.24) is 5.32 Å². The molecule has 1 unspecified atom stereocenters. The maximum atomic E-state index is 5.56. The maximum absolute atomic E-state index is 5.56. The van der Waals surface area contributed by atoms with Crippen LogP contribution in [0.1, 0.15) is 52.5 Å². The van der Waals surface area contributed by atoms with Crippen molar-refractivity contribution >= 4 is 0 Å². The third-order valence-corrected chi connectivity index (χ3v) is 4.42. The number of nitrogens with one attached hydrogen (secondary N) is 1. The topological polar surface area (TPSA) is 25.2 Å². The molecule has 2 heteroatoms. The highest BCUT2D eigenvalue weighted by atomic mass is 16.3. The first-order chi connectivity index (χ1) is 9.65. The van der Waals surface area contributed by atoms with Crippen molar-refractivity contribution in [3.63, 3.8) is 0 Å². The van der Waals surface area contributed by atoms with Gasteiger partial charge in [-0.25, -0.2) is 0 Å². The summed E-state index contributed by atoms with van der Waals surface area (Å²) in [7, 11) is 0. The first kappa shape index (κ1) is 13.4. The molecule has 0 saturated carbocycles. The number of rotatable bonds is 3. The van der Waals surface area contributed by atoms with Crippen LogP contribution in [-0.4, -0.2) is 0 Å². The van der Waals surface area contributed by atoms with E-state index in [1.807, 2.05) is 6.26 Å². The minimum absolute atomic E-state index is 0.442. The zero-order chi connectivity index (χ0) is 14.1. The van der Waals surface area contributed by atoms with Crippen molar-refractivity contribution < 1.29 is 4.42 Å². The molecule has 1 aromatic heterocycles. The number of aryl methyl sites for hydroxylation is 4. The molecule has 1 aromatic carbocycles. The molecular formula is C18H23NO. The van der Waals surface area contributed by atoms with Crippen LogP contribution in [0.3, 0.4) is 0 Å². The van der Waals surface area contributed by atoms with Crippen LogP contribution < -0.4 is 5.32 Å². The van der Waals surface area contributed by atoms with Crippen molar-refractivity contribution in [2.45, 2.75) is 52.6 Å². The van der Waals surface area contributed by atoms with Crippen molar-refractivity contribution in [1.29, 1.82) is 0 Å². The molecule has 0 saturated heterocycles. The molecular weight excluding hydrogens is 246 g/mol. The summed E-state index contributed by atoms with van der Waals surface area (Å²) in [6, 6.07) is 7.11. The quantitative estimate of drug-likeness (QED) is 0.895. The third kappa shape index (κ3) is 2.53. The second-order valence-corrected chi connectivity index (χ2v) is 6.00. The van der Waals surface area contributed by atoms with Gasteiger partial charge in [-0.05, 0) is 56.4 Å². The highest BCUT2D eigenvalue weighted by Crippen LogP contribution is 2.31. The molecule has 1 heterocycles. The van der Waals surface area contributed by atoms with E-state index in [4.69, 9.17) is 4.42 Å².